The van der Waals surface area contributed by atoms with Gasteiger partial charge in [0.05, 0.1) is 0 Å². The molecule has 6 rings (SSSR count). The quantitative estimate of drug-likeness (QED) is 0.129. The van der Waals surface area contributed by atoms with E-state index >= 15 is 0 Å². The Morgan fingerprint density at radius 2 is 0.325 bits per heavy atom. The van der Waals surface area contributed by atoms with Crippen LogP contribution < -0.4 is 31.8 Å². The zero-order valence-corrected chi connectivity index (χ0v) is 26.7. The molecule has 0 saturated carbocycles. The fourth-order valence-electron chi connectivity index (χ4n) is 4.36. The van der Waals surface area contributed by atoms with Gasteiger partial charge in [-0.2, -0.15) is 0 Å². The van der Waals surface area contributed by atoms with Crippen LogP contribution in [0.3, 0.4) is 0 Å². The molecule has 0 nitrogen and oxygen atoms in total. The van der Waals surface area contributed by atoms with Crippen LogP contribution in [0.2, 0.25) is 0 Å². The third kappa shape index (κ3) is 8.75. The smallest absolute Gasteiger partial charge is 0 e. The molecule has 204 valence electrons. The molecule has 0 aromatic heterocycles. The maximum absolute atomic E-state index is 2.23. The van der Waals surface area contributed by atoms with E-state index in [1.54, 1.807) is 0 Å². The summed E-state index contributed by atoms with van der Waals surface area (Å²) in [7, 11) is -0.892. The number of hydrogen-bond donors (Lipinski definition) is 0. The maximum Gasteiger partial charge on any atom is 0 e. The minimum Gasteiger partial charge on any atom is -0.0622 e. The van der Waals surface area contributed by atoms with Gasteiger partial charge in [-0.1, -0.05) is 182 Å². The van der Waals surface area contributed by atoms with E-state index in [0.29, 0.717) is 0 Å². The van der Waals surface area contributed by atoms with Gasteiger partial charge in [-0.25, -0.2) is 0 Å². The van der Waals surface area contributed by atoms with Crippen molar-refractivity contribution in [1.82, 2.24) is 0 Å². The number of rotatable bonds is 6. The zero-order chi connectivity index (χ0) is 25.8. The van der Waals surface area contributed by atoms with E-state index in [2.05, 4.69) is 182 Å². The van der Waals surface area contributed by atoms with Crippen molar-refractivity contribution in [2.75, 3.05) is 0 Å². The molecule has 0 amide bonds. The summed E-state index contributed by atoms with van der Waals surface area (Å²) >= 11 is 0. The second-order valence-electron chi connectivity index (χ2n) is 8.68. The largest absolute Gasteiger partial charge is 0.0622 e. The van der Waals surface area contributed by atoms with Crippen molar-refractivity contribution in [3.05, 3.63) is 182 Å². The Morgan fingerprint density at radius 3 is 0.450 bits per heavy atom. The normalized spacial score (nSPS) is 10.1. The molecule has 0 aliphatic rings. The molecular formula is C36H30P2Pd2. The van der Waals surface area contributed by atoms with E-state index in [1.165, 1.54) is 31.8 Å². The van der Waals surface area contributed by atoms with Crippen molar-refractivity contribution in [1.29, 1.82) is 0 Å². The molecule has 6 aromatic rings. The van der Waals surface area contributed by atoms with Crippen LogP contribution in [0.4, 0.5) is 0 Å². The average molecular weight is 737 g/mol. The molecule has 6 aromatic carbocycles. The predicted octanol–water partition coefficient (Wildman–Crippen LogP) is 6.88. The molecule has 40 heavy (non-hydrogen) atoms. The molecule has 0 fully saturated rings. The van der Waals surface area contributed by atoms with Crippen LogP contribution in [0, 0.1) is 0 Å². The molecule has 0 heterocycles. The third-order valence-corrected chi connectivity index (χ3v) is 11.0. The van der Waals surface area contributed by atoms with Gasteiger partial charge in [0.1, 0.15) is 0 Å². The number of hydrogen-bond acceptors (Lipinski definition) is 0. The molecule has 0 spiro atoms. The van der Waals surface area contributed by atoms with Gasteiger partial charge >= 0.3 is 0 Å². The molecule has 0 aliphatic heterocycles. The molecule has 0 aliphatic carbocycles. The van der Waals surface area contributed by atoms with Crippen molar-refractivity contribution in [3.63, 3.8) is 0 Å². The minimum absolute atomic E-state index is 0. The van der Waals surface area contributed by atoms with E-state index < -0.39 is 15.8 Å². The molecule has 4 heteroatoms. The first-order valence-corrected chi connectivity index (χ1v) is 15.5. The first kappa shape index (κ1) is 32.0. The molecule has 0 radical (unpaired) electrons. The van der Waals surface area contributed by atoms with E-state index in [4.69, 9.17) is 0 Å². The standard InChI is InChI=1S/2C18H15P.2Pd/c2*1-4-10-16(11-5-1)19(17-12-6-2-7-13-17)18-14-8-3-9-15-18;;/h2*1-15H;;. The van der Waals surface area contributed by atoms with Gasteiger partial charge in [0.2, 0.25) is 0 Å². The second kappa shape index (κ2) is 17.3. The summed E-state index contributed by atoms with van der Waals surface area (Å²) in [5, 5.41) is 8.39. The van der Waals surface area contributed by atoms with Crippen LogP contribution in [0.15, 0.2) is 182 Å². The minimum atomic E-state index is -0.446. The van der Waals surface area contributed by atoms with Gasteiger partial charge in [-0.15, -0.1) is 0 Å². The first-order chi connectivity index (χ1) is 18.9. The summed E-state index contributed by atoms with van der Waals surface area (Å²) in [6, 6.07) is 64.7. The van der Waals surface area contributed by atoms with Crippen LogP contribution >= 0.6 is 15.8 Å². The molecule has 0 atom stereocenters. The van der Waals surface area contributed by atoms with Crippen LogP contribution in [-0.2, 0) is 40.8 Å². The van der Waals surface area contributed by atoms with Crippen molar-refractivity contribution in [2.24, 2.45) is 0 Å². The van der Waals surface area contributed by atoms with Gasteiger partial charge in [0, 0.05) is 40.8 Å². The predicted molar refractivity (Wildman–Crippen MR) is 170 cm³/mol. The SMILES string of the molecule is [Pd].[Pd].c1ccc(P(c2ccccc2)c2ccccc2)cc1.c1ccc(P(c2ccccc2)c2ccccc2)cc1. The van der Waals surface area contributed by atoms with Gasteiger partial charge in [-0.3, -0.25) is 0 Å². The Balaban J connectivity index is 0.000000210. The van der Waals surface area contributed by atoms with E-state index in [1.807, 2.05) is 0 Å². The molecule has 0 bridgehead atoms. The monoisotopic (exact) mass is 736 g/mol. The molecular weight excluding hydrogens is 707 g/mol. The van der Waals surface area contributed by atoms with E-state index in [0.717, 1.165) is 0 Å². The van der Waals surface area contributed by atoms with Crippen molar-refractivity contribution in [2.45, 2.75) is 0 Å². The Kier molecular flexibility index (Phi) is 13.9. The maximum atomic E-state index is 2.23. The fourth-order valence-corrected chi connectivity index (χ4v) is 8.97. The zero-order valence-electron chi connectivity index (χ0n) is 21.8. The number of benzene rings is 6. The van der Waals surface area contributed by atoms with Gasteiger partial charge in [-0.05, 0) is 47.7 Å². The Labute approximate surface area is 268 Å². The van der Waals surface area contributed by atoms with Crippen molar-refractivity contribution >= 4 is 47.7 Å². The Morgan fingerprint density at radius 1 is 0.200 bits per heavy atom. The summed E-state index contributed by atoms with van der Waals surface area (Å²) in [5.74, 6) is 0. The Hall–Kier alpha value is -2.50. The van der Waals surface area contributed by atoms with Gasteiger partial charge < -0.3 is 0 Å². The molecule has 0 N–H and O–H groups in total. The summed E-state index contributed by atoms with van der Waals surface area (Å²) < 4.78 is 0. The molecule has 0 unspecified atom stereocenters. The fraction of sp³-hybridized carbons (Fsp3) is 0. The van der Waals surface area contributed by atoms with Gasteiger partial charge in [0.25, 0.3) is 0 Å². The molecule has 0 saturated heterocycles. The third-order valence-electron chi connectivity index (χ3n) is 6.09. The summed E-state index contributed by atoms with van der Waals surface area (Å²) in [5.41, 5.74) is 0. The van der Waals surface area contributed by atoms with Crippen LogP contribution in [0.25, 0.3) is 0 Å². The van der Waals surface area contributed by atoms with Gasteiger partial charge in [0.15, 0.2) is 0 Å². The average Bonchev–Trinajstić information content (AvgIpc) is 3.01. The second-order valence-corrected chi connectivity index (χ2v) is 13.1. The topological polar surface area (TPSA) is 0 Å². The van der Waals surface area contributed by atoms with Crippen LogP contribution in [0.5, 0.6) is 0 Å². The van der Waals surface area contributed by atoms with E-state index in [9.17, 15) is 0 Å². The van der Waals surface area contributed by atoms with Crippen LogP contribution in [-0.4, -0.2) is 0 Å². The summed E-state index contributed by atoms with van der Waals surface area (Å²) in [6.45, 7) is 0. The van der Waals surface area contributed by atoms with Crippen molar-refractivity contribution < 1.29 is 40.8 Å². The van der Waals surface area contributed by atoms with Crippen LogP contribution in [0.1, 0.15) is 0 Å². The summed E-state index contributed by atoms with van der Waals surface area (Å²) in [4.78, 5) is 0. The first-order valence-electron chi connectivity index (χ1n) is 12.8. The Bertz CT molecular complexity index is 1180. The van der Waals surface area contributed by atoms with Crippen molar-refractivity contribution in [3.8, 4) is 0 Å². The summed E-state index contributed by atoms with van der Waals surface area (Å²) in [6.07, 6.45) is 0. The van der Waals surface area contributed by atoms with E-state index in [-0.39, 0.29) is 40.8 Å².